The smallest absolute Gasteiger partial charge is 0.145 e. The van der Waals surface area contributed by atoms with Gasteiger partial charge in [0.2, 0.25) is 0 Å². The van der Waals surface area contributed by atoms with Gasteiger partial charge in [-0.1, -0.05) is 43.7 Å². The minimum atomic E-state index is 0.375. The summed E-state index contributed by atoms with van der Waals surface area (Å²) in [7, 11) is 2.17. The molecule has 4 rings (SSSR count). The molecule has 4 nitrogen and oxygen atoms in total. The fraction of sp³-hybridized carbons (Fsp3) is 0.545. The second-order valence-corrected chi connectivity index (χ2v) is 8.01. The third-order valence-electron chi connectivity index (χ3n) is 5.93. The fourth-order valence-corrected chi connectivity index (χ4v) is 4.37. The SMILES string of the molecule is C[C@@H](CN1CCCC[C@H]1c1ncc2c(n1)CCN(C)C2)c1ccccc1. The van der Waals surface area contributed by atoms with E-state index >= 15 is 0 Å². The highest BCUT2D eigenvalue weighted by Crippen LogP contribution is 2.32. The Hall–Kier alpha value is -1.78. The van der Waals surface area contributed by atoms with Gasteiger partial charge in [0, 0.05) is 43.5 Å². The molecule has 4 heteroatoms. The predicted octanol–water partition coefficient (Wildman–Crippen LogP) is 3.80. The van der Waals surface area contributed by atoms with Gasteiger partial charge in [0.05, 0.1) is 6.04 Å². The van der Waals surface area contributed by atoms with Crippen LogP contribution in [0.15, 0.2) is 36.5 Å². The average molecular weight is 351 g/mol. The Labute approximate surface area is 157 Å². The molecular formula is C22H30N4. The van der Waals surface area contributed by atoms with Crippen LogP contribution in [0.3, 0.4) is 0 Å². The lowest BCUT2D eigenvalue weighted by molar-refractivity contribution is 0.134. The molecule has 1 saturated heterocycles. The van der Waals surface area contributed by atoms with E-state index in [0.29, 0.717) is 12.0 Å². The van der Waals surface area contributed by atoms with Crippen molar-refractivity contribution in [3.05, 3.63) is 59.2 Å². The number of likely N-dealkylation sites (N-methyl/N-ethyl adjacent to an activating group) is 1. The van der Waals surface area contributed by atoms with Crippen LogP contribution < -0.4 is 0 Å². The van der Waals surface area contributed by atoms with Gasteiger partial charge < -0.3 is 4.90 Å². The zero-order valence-electron chi connectivity index (χ0n) is 16.1. The zero-order chi connectivity index (χ0) is 17.9. The number of piperidine rings is 1. The van der Waals surface area contributed by atoms with Crippen LogP contribution in [0.4, 0.5) is 0 Å². The van der Waals surface area contributed by atoms with Crippen LogP contribution >= 0.6 is 0 Å². The van der Waals surface area contributed by atoms with Crippen molar-refractivity contribution in [2.75, 3.05) is 26.7 Å². The lowest BCUT2D eigenvalue weighted by Crippen LogP contribution is -2.37. The lowest BCUT2D eigenvalue weighted by atomic mass is 9.96. The van der Waals surface area contributed by atoms with Crippen LogP contribution in [0.5, 0.6) is 0 Å². The first kappa shape index (κ1) is 17.6. The number of benzene rings is 1. The van der Waals surface area contributed by atoms with Gasteiger partial charge in [-0.3, -0.25) is 4.90 Å². The van der Waals surface area contributed by atoms with E-state index in [9.17, 15) is 0 Å². The van der Waals surface area contributed by atoms with Crippen molar-refractivity contribution in [2.24, 2.45) is 0 Å². The molecule has 2 aliphatic rings. The van der Waals surface area contributed by atoms with E-state index in [2.05, 4.69) is 60.3 Å². The predicted molar refractivity (Wildman–Crippen MR) is 105 cm³/mol. The number of rotatable bonds is 4. The van der Waals surface area contributed by atoms with Crippen molar-refractivity contribution < 1.29 is 0 Å². The van der Waals surface area contributed by atoms with E-state index in [1.807, 2.05) is 0 Å². The van der Waals surface area contributed by atoms with Gasteiger partial charge in [-0.05, 0) is 37.9 Å². The molecule has 0 bridgehead atoms. The maximum absolute atomic E-state index is 5.02. The summed E-state index contributed by atoms with van der Waals surface area (Å²) in [5, 5.41) is 0. The molecule has 2 aromatic rings. The van der Waals surface area contributed by atoms with Crippen LogP contribution in [-0.4, -0.2) is 46.4 Å². The number of nitrogens with zero attached hydrogens (tertiary/aromatic N) is 4. The summed E-state index contributed by atoms with van der Waals surface area (Å²) in [6, 6.07) is 11.2. The average Bonchev–Trinajstić information content (AvgIpc) is 2.68. The summed E-state index contributed by atoms with van der Waals surface area (Å²) in [4.78, 5) is 14.8. The van der Waals surface area contributed by atoms with Gasteiger partial charge in [0.25, 0.3) is 0 Å². The summed E-state index contributed by atoms with van der Waals surface area (Å²) >= 11 is 0. The van der Waals surface area contributed by atoms with E-state index in [1.165, 1.54) is 36.1 Å². The molecule has 3 heterocycles. The van der Waals surface area contributed by atoms with Gasteiger partial charge in [0.1, 0.15) is 5.82 Å². The second kappa shape index (κ2) is 7.85. The molecule has 0 saturated carbocycles. The monoisotopic (exact) mass is 350 g/mol. The molecule has 2 aliphatic heterocycles. The summed E-state index contributed by atoms with van der Waals surface area (Å²) < 4.78 is 0. The molecule has 0 radical (unpaired) electrons. The minimum Gasteiger partial charge on any atom is -0.302 e. The first-order valence-electron chi connectivity index (χ1n) is 10.0. The van der Waals surface area contributed by atoms with Gasteiger partial charge in [-0.25, -0.2) is 9.97 Å². The normalized spacial score (nSPS) is 22.8. The Morgan fingerprint density at radius 2 is 2.00 bits per heavy atom. The Morgan fingerprint density at radius 3 is 2.85 bits per heavy atom. The Balaban J connectivity index is 1.52. The van der Waals surface area contributed by atoms with Crippen molar-refractivity contribution in [2.45, 2.75) is 51.1 Å². The van der Waals surface area contributed by atoms with Gasteiger partial charge >= 0.3 is 0 Å². The molecular weight excluding hydrogens is 320 g/mol. The summed E-state index contributed by atoms with van der Waals surface area (Å²) in [6.07, 6.45) is 6.88. The minimum absolute atomic E-state index is 0.375. The van der Waals surface area contributed by atoms with Crippen molar-refractivity contribution in [3.63, 3.8) is 0 Å². The Kier molecular flexibility index (Phi) is 5.32. The highest BCUT2D eigenvalue weighted by atomic mass is 15.2. The van der Waals surface area contributed by atoms with Gasteiger partial charge in [-0.15, -0.1) is 0 Å². The number of hydrogen-bond acceptors (Lipinski definition) is 4. The van der Waals surface area contributed by atoms with E-state index in [4.69, 9.17) is 9.97 Å². The molecule has 26 heavy (non-hydrogen) atoms. The second-order valence-electron chi connectivity index (χ2n) is 8.01. The molecule has 138 valence electrons. The Morgan fingerprint density at radius 1 is 1.15 bits per heavy atom. The number of hydrogen-bond donors (Lipinski definition) is 0. The standard InChI is InChI=1S/C22H30N4/c1-17(18-8-4-3-5-9-18)15-26-12-7-6-10-21(26)22-23-14-19-16-25(2)13-11-20(19)24-22/h3-5,8-9,14,17,21H,6-7,10-13,15-16H2,1-2H3/t17-,21-/m0/s1. The zero-order valence-corrected chi connectivity index (χ0v) is 16.1. The van der Waals surface area contributed by atoms with Crippen molar-refractivity contribution >= 4 is 0 Å². The summed E-state index contributed by atoms with van der Waals surface area (Å²) in [5.41, 5.74) is 4.00. The summed E-state index contributed by atoms with van der Waals surface area (Å²) in [6.45, 7) is 6.66. The summed E-state index contributed by atoms with van der Waals surface area (Å²) in [5.74, 6) is 1.58. The maximum Gasteiger partial charge on any atom is 0.145 e. The fourth-order valence-electron chi connectivity index (χ4n) is 4.37. The van der Waals surface area contributed by atoms with Crippen molar-refractivity contribution in [1.29, 1.82) is 0 Å². The van der Waals surface area contributed by atoms with Crippen LogP contribution in [0.1, 0.15) is 60.8 Å². The third-order valence-corrected chi connectivity index (χ3v) is 5.93. The molecule has 0 spiro atoms. The number of fused-ring (bicyclic) bond motifs is 1. The van der Waals surface area contributed by atoms with Crippen LogP contribution in [0.2, 0.25) is 0 Å². The van der Waals surface area contributed by atoms with E-state index in [0.717, 1.165) is 38.4 Å². The first-order chi connectivity index (χ1) is 12.7. The van der Waals surface area contributed by atoms with Crippen LogP contribution in [0.25, 0.3) is 0 Å². The van der Waals surface area contributed by atoms with Gasteiger partial charge in [-0.2, -0.15) is 0 Å². The topological polar surface area (TPSA) is 32.3 Å². The van der Waals surface area contributed by atoms with Gasteiger partial charge in [0.15, 0.2) is 0 Å². The van der Waals surface area contributed by atoms with Crippen LogP contribution in [0, 0.1) is 0 Å². The van der Waals surface area contributed by atoms with E-state index in [-0.39, 0.29) is 0 Å². The highest BCUT2D eigenvalue weighted by Gasteiger charge is 2.28. The third kappa shape index (κ3) is 3.81. The highest BCUT2D eigenvalue weighted by molar-refractivity contribution is 5.22. The first-order valence-corrected chi connectivity index (χ1v) is 10.0. The number of likely N-dealkylation sites (tertiary alicyclic amines) is 1. The van der Waals surface area contributed by atoms with Crippen molar-refractivity contribution in [3.8, 4) is 0 Å². The molecule has 0 aliphatic carbocycles. The van der Waals surface area contributed by atoms with Crippen LogP contribution in [-0.2, 0) is 13.0 Å². The maximum atomic E-state index is 5.02. The molecule has 1 aromatic carbocycles. The molecule has 0 N–H and O–H groups in total. The molecule has 0 amide bonds. The molecule has 0 unspecified atom stereocenters. The molecule has 2 atom stereocenters. The lowest BCUT2D eigenvalue weighted by Gasteiger charge is -2.37. The number of aromatic nitrogens is 2. The van der Waals surface area contributed by atoms with Crippen molar-refractivity contribution in [1.82, 2.24) is 19.8 Å². The largest absolute Gasteiger partial charge is 0.302 e. The molecule has 1 aromatic heterocycles. The van der Waals surface area contributed by atoms with E-state index in [1.54, 1.807) is 0 Å². The Bertz CT molecular complexity index is 730. The van der Waals surface area contributed by atoms with E-state index < -0.39 is 0 Å². The quantitative estimate of drug-likeness (QED) is 0.840. The molecule has 1 fully saturated rings.